The minimum absolute atomic E-state index is 0.251. The Balaban J connectivity index is 1.98. The van der Waals surface area contributed by atoms with Gasteiger partial charge in [0.1, 0.15) is 6.10 Å². The number of nitrogens with two attached hydrogens (primary N) is 2. The molecular formula is C17H24BrN3O3. The summed E-state index contributed by atoms with van der Waals surface area (Å²) in [6.07, 6.45) is 4.75. The van der Waals surface area contributed by atoms with Crippen molar-refractivity contribution in [1.82, 2.24) is 5.01 Å². The first-order chi connectivity index (χ1) is 11.4. The lowest BCUT2D eigenvalue weighted by atomic mass is 9.84. The van der Waals surface area contributed by atoms with Gasteiger partial charge in [-0.15, -0.1) is 0 Å². The number of halogens is 1. The smallest absolute Gasteiger partial charge is 0.276 e. The van der Waals surface area contributed by atoms with Gasteiger partial charge in [-0.1, -0.05) is 44.2 Å². The average molecular weight is 398 g/mol. The number of aliphatic hydroxyl groups is 1. The fraction of sp³-hybridized carbons (Fsp3) is 0.529. The molecule has 1 unspecified atom stereocenters. The molecule has 5 N–H and O–H groups in total. The normalized spacial score (nSPS) is 18.0. The minimum Gasteiger partial charge on any atom is -0.382 e. The molecule has 0 spiro atoms. The summed E-state index contributed by atoms with van der Waals surface area (Å²) in [6, 6.07) is 5.92. The van der Waals surface area contributed by atoms with E-state index in [4.69, 9.17) is 11.6 Å². The first-order valence-corrected chi connectivity index (χ1v) is 9.02. The molecule has 2 rings (SSSR count). The van der Waals surface area contributed by atoms with E-state index in [1.165, 1.54) is 6.42 Å². The molecule has 24 heavy (non-hydrogen) atoms. The first-order valence-electron chi connectivity index (χ1n) is 8.23. The average Bonchev–Trinajstić information content (AvgIpc) is 2.60. The minimum atomic E-state index is -1.48. The Bertz CT molecular complexity index is 590. The number of imide groups is 1. The molecule has 0 bridgehead atoms. The van der Waals surface area contributed by atoms with E-state index in [-0.39, 0.29) is 5.56 Å². The topological polar surface area (TPSA) is 110 Å². The van der Waals surface area contributed by atoms with E-state index in [1.54, 1.807) is 24.3 Å². The van der Waals surface area contributed by atoms with Crippen LogP contribution in [-0.4, -0.2) is 34.1 Å². The van der Waals surface area contributed by atoms with Crippen molar-refractivity contribution in [2.45, 2.75) is 50.7 Å². The van der Waals surface area contributed by atoms with Gasteiger partial charge in [0, 0.05) is 10.5 Å². The van der Waals surface area contributed by atoms with Crippen molar-refractivity contribution in [1.29, 1.82) is 0 Å². The molecule has 0 saturated heterocycles. The highest BCUT2D eigenvalue weighted by Gasteiger charge is 2.32. The van der Waals surface area contributed by atoms with Crippen LogP contribution in [0.1, 0.15) is 48.9 Å². The number of rotatable bonds is 5. The molecule has 2 amide bonds. The summed E-state index contributed by atoms with van der Waals surface area (Å²) in [5.41, 5.74) is 6.23. The van der Waals surface area contributed by atoms with Crippen LogP contribution in [0.4, 0.5) is 0 Å². The van der Waals surface area contributed by atoms with Gasteiger partial charge in [0.2, 0.25) is 0 Å². The highest BCUT2D eigenvalue weighted by molar-refractivity contribution is 9.10. The predicted molar refractivity (Wildman–Crippen MR) is 94.7 cm³/mol. The van der Waals surface area contributed by atoms with Crippen molar-refractivity contribution in [2.24, 2.45) is 17.5 Å². The molecule has 1 fully saturated rings. The van der Waals surface area contributed by atoms with Crippen LogP contribution < -0.4 is 11.6 Å². The molecule has 1 saturated carbocycles. The lowest BCUT2D eigenvalue weighted by Crippen LogP contribution is -2.53. The van der Waals surface area contributed by atoms with E-state index in [0.29, 0.717) is 21.8 Å². The number of carbonyl (C=O) groups excluding carboxylic acids is 2. The molecule has 1 aromatic rings. The van der Waals surface area contributed by atoms with Crippen LogP contribution >= 0.6 is 15.9 Å². The number of carbonyl (C=O) groups is 2. The summed E-state index contributed by atoms with van der Waals surface area (Å²) in [5, 5.41) is 10.6. The second kappa shape index (κ2) is 8.71. The van der Waals surface area contributed by atoms with E-state index in [9.17, 15) is 14.7 Å². The number of benzene rings is 1. The summed E-state index contributed by atoms with van der Waals surface area (Å²) < 4.78 is 0.527. The van der Waals surface area contributed by atoms with E-state index >= 15 is 0 Å². The number of amides is 2. The monoisotopic (exact) mass is 397 g/mol. The predicted octanol–water partition coefficient (Wildman–Crippen LogP) is 1.95. The van der Waals surface area contributed by atoms with Crippen LogP contribution in [0.15, 0.2) is 28.7 Å². The van der Waals surface area contributed by atoms with Gasteiger partial charge >= 0.3 is 0 Å². The summed E-state index contributed by atoms with van der Waals surface area (Å²) in [4.78, 5) is 24.6. The van der Waals surface area contributed by atoms with E-state index in [2.05, 4.69) is 15.9 Å². The summed E-state index contributed by atoms with van der Waals surface area (Å²) >= 11 is 3.24. The SMILES string of the molecule is N[C@H](CC1CCCCC1)C(O)C(=O)N(N)C(=O)c1ccccc1Br. The number of hydrogen-bond acceptors (Lipinski definition) is 5. The van der Waals surface area contributed by atoms with Crippen molar-refractivity contribution >= 4 is 27.7 Å². The van der Waals surface area contributed by atoms with Gasteiger partial charge in [-0.25, -0.2) is 10.9 Å². The van der Waals surface area contributed by atoms with Gasteiger partial charge in [0.15, 0.2) is 0 Å². The molecule has 1 aromatic carbocycles. The summed E-state index contributed by atoms with van der Waals surface area (Å²) in [7, 11) is 0. The Kier molecular flexibility index (Phi) is 6.91. The van der Waals surface area contributed by atoms with Gasteiger partial charge < -0.3 is 10.8 Å². The number of hydrazine groups is 1. The van der Waals surface area contributed by atoms with Crippen LogP contribution in [0.25, 0.3) is 0 Å². The van der Waals surface area contributed by atoms with Crippen molar-refractivity contribution < 1.29 is 14.7 Å². The van der Waals surface area contributed by atoms with Gasteiger partial charge in [-0.2, -0.15) is 0 Å². The van der Waals surface area contributed by atoms with Crippen molar-refractivity contribution in [2.75, 3.05) is 0 Å². The Labute approximate surface area is 150 Å². The molecule has 1 aliphatic rings. The fourth-order valence-corrected chi connectivity index (χ4v) is 3.58. The fourth-order valence-electron chi connectivity index (χ4n) is 3.13. The lowest BCUT2D eigenvalue weighted by Gasteiger charge is -2.28. The van der Waals surface area contributed by atoms with Crippen LogP contribution in [0, 0.1) is 5.92 Å². The highest BCUT2D eigenvalue weighted by atomic mass is 79.9. The molecule has 1 aliphatic carbocycles. The molecular weight excluding hydrogens is 374 g/mol. The molecule has 0 radical (unpaired) electrons. The molecule has 6 nitrogen and oxygen atoms in total. The van der Waals surface area contributed by atoms with Crippen LogP contribution in [0.3, 0.4) is 0 Å². The Morgan fingerprint density at radius 1 is 1.25 bits per heavy atom. The zero-order valence-electron chi connectivity index (χ0n) is 13.5. The Morgan fingerprint density at radius 2 is 1.88 bits per heavy atom. The standard InChI is InChI=1S/C17H24BrN3O3/c18-13-9-5-4-8-12(13)16(23)21(20)17(24)15(22)14(19)10-11-6-2-1-3-7-11/h4-5,8-9,11,14-15,22H,1-3,6-7,10,19-20H2/t14-,15?/m1/s1. The van der Waals surface area contributed by atoms with Crippen LogP contribution in [-0.2, 0) is 4.79 Å². The lowest BCUT2D eigenvalue weighted by molar-refractivity contribution is -0.139. The molecule has 0 aliphatic heterocycles. The third-order valence-electron chi connectivity index (χ3n) is 4.55. The van der Waals surface area contributed by atoms with Gasteiger partial charge in [-0.3, -0.25) is 9.59 Å². The number of hydrogen-bond donors (Lipinski definition) is 3. The van der Waals surface area contributed by atoms with Crippen molar-refractivity contribution in [3.05, 3.63) is 34.3 Å². The van der Waals surface area contributed by atoms with Gasteiger partial charge in [0.05, 0.1) is 5.56 Å². The van der Waals surface area contributed by atoms with E-state index in [0.717, 1.165) is 25.7 Å². The second-order valence-corrected chi connectivity index (χ2v) is 7.20. The Hall–Kier alpha value is -1.28. The maximum absolute atomic E-state index is 12.3. The maximum atomic E-state index is 12.3. The zero-order valence-corrected chi connectivity index (χ0v) is 15.1. The quantitative estimate of drug-likeness (QED) is 0.399. The maximum Gasteiger partial charge on any atom is 0.276 e. The van der Waals surface area contributed by atoms with E-state index < -0.39 is 24.0 Å². The molecule has 0 heterocycles. The molecule has 2 atom stereocenters. The Morgan fingerprint density at radius 3 is 2.50 bits per heavy atom. The van der Waals surface area contributed by atoms with Crippen LogP contribution in [0.2, 0.25) is 0 Å². The number of aliphatic hydroxyl groups excluding tert-OH is 1. The van der Waals surface area contributed by atoms with Crippen LogP contribution in [0.5, 0.6) is 0 Å². The van der Waals surface area contributed by atoms with Crippen molar-refractivity contribution in [3.8, 4) is 0 Å². The van der Waals surface area contributed by atoms with Crippen molar-refractivity contribution in [3.63, 3.8) is 0 Å². The molecule has 0 aromatic heterocycles. The highest BCUT2D eigenvalue weighted by Crippen LogP contribution is 2.27. The van der Waals surface area contributed by atoms with Gasteiger partial charge in [-0.05, 0) is 40.4 Å². The summed E-state index contributed by atoms with van der Waals surface area (Å²) in [5.74, 6) is 4.49. The third-order valence-corrected chi connectivity index (χ3v) is 5.24. The first kappa shape index (κ1) is 19.1. The largest absolute Gasteiger partial charge is 0.382 e. The zero-order chi connectivity index (χ0) is 17.7. The second-order valence-electron chi connectivity index (χ2n) is 6.34. The third kappa shape index (κ3) is 4.63. The summed E-state index contributed by atoms with van der Waals surface area (Å²) in [6.45, 7) is 0. The van der Waals surface area contributed by atoms with E-state index in [1.807, 2.05) is 0 Å². The number of nitrogens with zero attached hydrogens (tertiary/aromatic N) is 1. The molecule has 7 heteroatoms. The van der Waals surface area contributed by atoms with Gasteiger partial charge in [0.25, 0.3) is 11.8 Å². The molecule has 132 valence electrons.